The average Bonchev–Trinajstić information content (AvgIpc) is 2.60. The van der Waals surface area contributed by atoms with E-state index in [1.807, 2.05) is 6.07 Å². The fourth-order valence-electron chi connectivity index (χ4n) is 2.63. The van der Waals surface area contributed by atoms with Crippen molar-refractivity contribution in [1.29, 1.82) is 0 Å². The molecule has 0 radical (unpaired) electrons. The number of halogens is 1. The van der Waals surface area contributed by atoms with E-state index in [2.05, 4.69) is 10.6 Å². The Hall–Kier alpha value is -2.09. The Morgan fingerprint density at radius 1 is 1.12 bits per heavy atom. The van der Waals surface area contributed by atoms with E-state index in [1.165, 1.54) is 17.4 Å². The van der Waals surface area contributed by atoms with Gasteiger partial charge in [-0.25, -0.2) is 8.42 Å². The average molecular weight is 396 g/mol. The van der Waals surface area contributed by atoms with Crippen LogP contribution in [-0.2, 0) is 10.0 Å². The molecule has 0 atom stereocenters. The van der Waals surface area contributed by atoms with Crippen LogP contribution in [0.2, 0.25) is 0 Å². The fraction of sp³-hybridized carbons (Fsp3) is 0.278. The van der Waals surface area contributed by atoms with Crippen molar-refractivity contribution in [2.75, 3.05) is 31.0 Å². The quantitative estimate of drug-likeness (QED) is 0.782. The second kappa shape index (κ2) is 8.53. The molecule has 140 valence electrons. The Kier molecular flexibility index (Phi) is 6.63. The van der Waals surface area contributed by atoms with E-state index < -0.39 is 10.0 Å². The van der Waals surface area contributed by atoms with Crippen LogP contribution in [0.4, 0.5) is 5.69 Å². The van der Waals surface area contributed by atoms with Crippen LogP contribution in [-0.4, -0.2) is 41.0 Å². The van der Waals surface area contributed by atoms with Crippen LogP contribution in [0.5, 0.6) is 0 Å². The summed E-state index contributed by atoms with van der Waals surface area (Å²) in [7, 11) is -2.35. The van der Waals surface area contributed by atoms with Crippen molar-refractivity contribution in [3.63, 3.8) is 0 Å². The van der Waals surface area contributed by atoms with Crippen LogP contribution < -0.4 is 14.9 Å². The highest BCUT2D eigenvalue weighted by Gasteiger charge is 2.27. The van der Waals surface area contributed by atoms with Crippen molar-refractivity contribution in [3.8, 4) is 0 Å². The highest BCUT2D eigenvalue weighted by molar-refractivity contribution is 7.92. The number of hydrogen-bond acceptors (Lipinski definition) is 4. The first-order valence-electron chi connectivity index (χ1n) is 8.12. The van der Waals surface area contributed by atoms with Crippen LogP contribution >= 0.6 is 12.4 Å². The molecule has 1 heterocycles. The number of anilines is 1. The number of rotatable bonds is 6. The molecule has 1 fully saturated rings. The SMILES string of the molecule is CN(c1ccccc1)S(=O)(=O)c1ccccc1C(=O)NCC1CNC1.Cl. The zero-order valence-electron chi connectivity index (χ0n) is 14.4. The lowest BCUT2D eigenvalue weighted by Gasteiger charge is -2.27. The maximum absolute atomic E-state index is 13.0. The number of sulfonamides is 1. The minimum atomic E-state index is -3.84. The van der Waals surface area contributed by atoms with Gasteiger partial charge in [-0.15, -0.1) is 12.4 Å². The fourth-order valence-corrected chi connectivity index (χ4v) is 4.01. The van der Waals surface area contributed by atoms with Gasteiger partial charge < -0.3 is 10.6 Å². The normalized spacial score (nSPS) is 14.0. The summed E-state index contributed by atoms with van der Waals surface area (Å²) in [5, 5.41) is 5.97. The van der Waals surface area contributed by atoms with E-state index in [9.17, 15) is 13.2 Å². The molecule has 1 aliphatic heterocycles. The molecule has 0 bridgehead atoms. The minimum absolute atomic E-state index is 0. The first kappa shape index (κ1) is 20.2. The van der Waals surface area contributed by atoms with Crippen molar-refractivity contribution >= 4 is 34.0 Å². The monoisotopic (exact) mass is 395 g/mol. The molecule has 1 saturated heterocycles. The highest BCUT2D eigenvalue weighted by atomic mass is 35.5. The first-order valence-corrected chi connectivity index (χ1v) is 9.56. The lowest BCUT2D eigenvalue weighted by atomic mass is 10.0. The molecule has 0 spiro atoms. The van der Waals surface area contributed by atoms with Crippen molar-refractivity contribution in [2.24, 2.45) is 5.92 Å². The highest BCUT2D eigenvalue weighted by Crippen LogP contribution is 2.24. The Morgan fingerprint density at radius 2 is 1.73 bits per heavy atom. The topological polar surface area (TPSA) is 78.5 Å². The molecule has 3 rings (SSSR count). The van der Waals surface area contributed by atoms with Gasteiger partial charge in [0.2, 0.25) is 0 Å². The summed E-state index contributed by atoms with van der Waals surface area (Å²) >= 11 is 0. The van der Waals surface area contributed by atoms with Gasteiger partial charge in [0.25, 0.3) is 15.9 Å². The van der Waals surface area contributed by atoms with Crippen LogP contribution in [0.1, 0.15) is 10.4 Å². The minimum Gasteiger partial charge on any atom is -0.352 e. The first-order chi connectivity index (χ1) is 12.0. The summed E-state index contributed by atoms with van der Waals surface area (Å²) in [6, 6.07) is 15.1. The maximum atomic E-state index is 13.0. The van der Waals surface area contributed by atoms with Crippen molar-refractivity contribution in [1.82, 2.24) is 10.6 Å². The number of carbonyl (C=O) groups is 1. The van der Waals surface area contributed by atoms with Crippen LogP contribution in [0.15, 0.2) is 59.5 Å². The van der Waals surface area contributed by atoms with Crippen molar-refractivity contribution < 1.29 is 13.2 Å². The summed E-state index contributed by atoms with van der Waals surface area (Å²) in [5.41, 5.74) is 0.704. The molecule has 1 aliphatic rings. The van der Waals surface area contributed by atoms with Gasteiger partial charge in [0.15, 0.2) is 0 Å². The molecule has 8 heteroatoms. The Morgan fingerprint density at radius 3 is 2.35 bits per heavy atom. The van der Waals surface area contributed by atoms with Gasteiger partial charge in [-0.1, -0.05) is 30.3 Å². The van der Waals surface area contributed by atoms with Gasteiger partial charge in [-0.2, -0.15) is 0 Å². The van der Waals surface area contributed by atoms with Crippen molar-refractivity contribution in [3.05, 3.63) is 60.2 Å². The lowest BCUT2D eigenvalue weighted by molar-refractivity contribution is 0.0939. The summed E-state index contributed by atoms with van der Waals surface area (Å²) < 4.78 is 27.2. The second-order valence-electron chi connectivity index (χ2n) is 6.04. The Bertz CT molecular complexity index is 855. The molecule has 0 unspecified atom stereocenters. The smallest absolute Gasteiger partial charge is 0.264 e. The van der Waals surface area contributed by atoms with E-state index in [0.717, 1.165) is 13.1 Å². The number of para-hydroxylation sites is 1. The van der Waals surface area contributed by atoms with Gasteiger partial charge in [-0.3, -0.25) is 9.10 Å². The molecule has 0 saturated carbocycles. The molecule has 2 aromatic rings. The molecule has 1 amide bonds. The van der Waals surface area contributed by atoms with Gasteiger partial charge in [0, 0.05) is 32.6 Å². The van der Waals surface area contributed by atoms with E-state index in [-0.39, 0.29) is 28.8 Å². The van der Waals surface area contributed by atoms with Gasteiger partial charge in [-0.05, 0) is 24.3 Å². The van der Waals surface area contributed by atoms with Crippen LogP contribution in [0, 0.1) is 5.92 Å². The largest absolute Gasteiger partial charge is 0.352 e. The third-order valence-corrected chi connectivity index (χ3v) is 6.15. The summed E-state index contributed by atoms with van der Waals surface area (Å²) in [5.74, 6) is 0.0345. The summed E-state index contributed by atoms with van der Waals surface area (Å²) in [4.78, 5) is 12.5. The van der Waals surface area contributed by atoms with Crippen LogP contribution in [0.3, 0.4) is 0 Å². The van der Waals surface area contributed by atoms with E-state index >= 15 is 0 Å². The Labute approximate surface area is 160 Å². The molecule has 0 aliphatic carbocycles. The van der Waals surface area contributed by atoms with Gasteiger partial charge >= 0.3 is 0 Å². The number of benzene rings is 2. The van der Waals surface area contributed by atoms with Gasteiger partial charge in [0.05, 0.1) is 11.3 Å². The predicted molar refractivity (Wildman–Crippen MR) is 104 cm³/mol. The van der Waals surface area contributed by atoms with E-state index in [0.29, 0.717) is 18.2 Å². The summed E-state index contributed by atoms with van der Waals surface area (Å²) in [6.07, 6.45) is 0. The maximum Gasteiger partial charge on any atom is 0.264 e. The van der Waals surface area contributed by atoms with Crippen LogP contribution in [0.25, 0.3) is 0 Å². The van der Waals surface area contributed by atoms with E-state index in [4.69, 9.17) is 0 Å². The third-order valence-electron chi connectivity index (χ3n) is 4.31. The third kappa shape index (κ3) is 4.17. The molecular weight excluding hydrogens is 374 g/mol. The zero-order chi connectivity index (χ0) is 17.9. The summed E-state index contributed by atoms with van der Waals surface area (Å²) in [6.45, 7) is 2.28. The standard InChI is InChI=1S/C18H21N3O3S.ClH/c1-21(15-7-3-2-4-8-15)25(23,24)17-10-6-5-9-16(17)18(22)20-13-14-11-19-12-14;/h2-10,14,19H,11-13H2,1H3,(H,20,22);1H. The molecule has 6 nitrogen and oxygen atoms in total. The molecule has 2 aromatic carbocycles. The molecule has 26 heavy (non-hydrogen) atoms. The van der Waals surface area contributed by atoms with Crippen molar-refractivity contribution in [2.45, 2.75) is 4.90 Å². The number of carbonyl (C=O) groups excluding carboxylic acids is 1. The lowest BCUT2D eigenvalue weighted by Crippen LogP contribution is -2.48. The zero-order valence-corrected chi connectivity index (χ0v) is 16.0. The molecule has 0 aromatic heterocycles. The van der Waals surface area contributed by atoms with Gasteiger partial charge in [0.1, 0.15) is 4.90 Å². The number of nitrogens with one attached hydrogen (secondary N) is 2. The number of hydrogen-bond donors (Lipinski definition) is 2. The predicted octanol–water partition coefficient (Wildman–Crippen LogP) is 1.88. The molecular formula is C18H22ClN3O3S. The number of nitrogens with zero attached hydrogens (tertiary/aromatic N) is 1. The Balaban J connectivity index is 0.00000243. The van der Waals surface area contributed by atoms with E-state index in [1.54, 1.807) is 42.5 Å². The second-order valence-corrected chi connectivity index (χ2v) is 7.98. The number of amides is 1. The molecule has 2 N–H and O–H groups in total.